The van der Waals surface area contributed by atoms with Crippen molar-refractivity contribution in [2.75, 3.05) is 18.4 Å². The molecule has 1 atom stereocenters. The highest BCUT2D eigenvalue weighted by molar-refractivity contribution is 7.89. The molecule has 6 nitrogen and oxygen atoms in total. The highest BCUT2D eigenvalue weighted by atomic mass is 35.5. The second-order valence-corrected chi connectivity index (χ2v) is 10.1. The van der Waals surface area contributed by atoms with Gasteiger partial charge in [0.15, 0.2) is 0 Å². The van der Waals surface area contributed by atoms with Crippen LogP contribution in [-0.2, 0) is 21.2 Å². The number of furan rings is 1. The molecule has 1 aliphatic heterocycles. The predicted octanol–water partition coefficient (Wildman–Crippen LogP) is 4.69. The van der Waals surface area contributed by atoms with Crippen molar-refractivity contribution in [3.05, 3.63) is 59.3 Å². The van der Waals surface area contributed by atoms with Crippen LogP contribution < -0.4 is 5.32 Å². The normalized spacial score (nSPS) is 17.9. The summed E-state index contributed by atoms with van der Waals surface area (Å²) in [6.07, 6.45) is 3.60. The molecule has 4 rings (SSSR count). The lowest BCUT2D eigenvalue weighted by Crippen LogP contribution is -2.39. The summed E-state index contributed by atoms with van der Waals surface area (Å²) in [5, 5.41) is 4.18. The molecule has 1 saturated heterocycles. The summed E-state index contributed by atoms with van der Waals surface area (Å²) in [7, 11) is -3.51. The van der Waals surface area contributed by atoms with Crippen LogP contribution >= 0.6 is 11.6 Å². The molecule has 1 aromatic heterocycles. The van der Waals surface area contributed by atoms with E-state index in [0.717, 1.165) is 23.8 Å². The van der Waals surface area contributed by atoms with E-state index in [1.54, 1.807) is 40.9 Å². The third-order valence-electron chi connectivity index (χ3n) is 5.36. The van der Waals surface area contributed by atoms with Crippen LogP contribution in [0.15, 0.2) is 58.0 Å². The first-order valence-corrected chi connectivity index (χ1v) is 11.7. The van der Waals surface area contributed by atoms with Crippen molar-refractivity contribution in [2.24, 2.45) is 5.92 Å². The number of fused-ring (bicyclic) bond motifs is 1. The summed E-state index contributed by atoms with van der Waals surface area (Å²) in [4.78, 5) is 12.7. The maximum atomic E-state index is 12.8. The Labute approximate surface area is 180 Å². The van der Waals surface area contributed by atoms with Gasteiger partial charge in [-0.05, 0) is 61.2 Å². The van der Waals surface area contributed by atoms with E-state index in [9.17, 15) is 13.2 Å². The summed E-state index contributed by atoms with van der Waals surface area (Å²) in [6, 6.07) is 11.6. The second-order valence-electron chi connectivity index (χ2n) is 7.76. The van der Waals surface area contributed by atoms with Crippen LogP contribution in [0.3, 0.4) is 0 Å². The zero-order valence-corrected chi connectivity index (χ0v) is 18.2. The Balaban J connectivity index is 1.44. The van der Waals surface area contributed by atoms with E-state index in [1.807, 2.05) is 0 Å². The van der Waals surface area contributed by atoms with Crippen molar-refractivity contribution in [3.8, 4) is 0 Å². The topological polar surface area (TPSA) is 79.6 Å². The number of hydrogen-bond acceptors (Lipinski definition) is 4. The van der Waals surface area contributed by atoms with E-state index in [1.165, 1.54) is 12.1 Å². The number of sulfonamides is 1. The van der Waals surface area contributed by atoms with E-state index in [-0.39, 0.29) is 17.2 Å². The summed E-state index contributed by atoms with van der Waals surface area (Å²) in [5.41, 5.74) is 1.95. The summed E-state index contributed by atoms with van der Waals surface area (Å²) in [5.74, 6) is 0.138. The number of nitrogens with one attached hydrogen (secondary N) is 1. The van der Waals surface area contributed by atoms with Gasteiger partial charge in [-0.25, -0.2) is 8.42 Å². The number of nitrogens with zero attached hydrogens (tertiary/aromatic N) is 1. The number of carbonyl (C=O) groups excluding carboxylic acids is 1. The average Bonchev–Trinajstić information content (AvgIpc) is 3.10. The van der Waals surface area contributed by atoms with E-state index in [0.29, 0.717) is 35.3 Å². The van der Waals surface area contributed by atoms with Crippen molar-refractivity contribution >= 4 is 44.2 Å². The molecule has 1 fully saturated rings. The standard InChI is InChI=1S/C22H23ClN2O4S/c1-15-3-2-10-25(13-15)30(27,28)19-7-5-18(6-8-19)24-22(26)11-16-14-29-21-9-4-17(23)12-20(16)21/h4-9,12,14-15H,2-3,10-11,13H2,1H3,(H,24,26). The number of hydrogen-bond donors (Lipinski definition) is 1. The Kier molecular flexibility index (Phi) is 5.86. The summed E-state index contributed by atoms with van der Waals surface area (Å²) < 4.78 is 32.7. The van der Waals surface area contributed by atoms with Crippen LogP contribution in [0, 0.1) is 5.92 Å². The molecule has 1 aliphatic rings. The predicted molar refractivity (Wildman–Crippen MR) is 117 cm³/mol. The Morgan fingerprint density at radius 2 is 2.00 bits per heavy atom. The second kappa shape index (κ2) is 8.41. The fourth-order valence-corrected chi connectivity index (χ4v) is 5.56. The van der Waals surface area contributed by atoms with Gasteiger partial charge in [-0.3, -0.25) is 4.79 Å². The minimum Gasteiger partial charge on any atom is -0.464 e. The zero-order valence-electron chi connectivity index (χ0n) is 16.6. The maximum absolute atomic E-state index is 12.8. The van der Waals surface area contributed by atoms with Gasteiger partial charge in [0.25, 0.3) is 0 Å². The SMILES string of the molecule is CC1CCCN(S(=O)(=O)c2ccc(NC(=O)Cc3coc4ccc(Cl)cc34)cc2)C1. The molecule has 0 bridgehead atoms. The van der Waals surface area contributed by atoms with Gasteiger partial charge in [0.2, 0.25) is 15.9 Å². The van der Waals surface area contributed by atoms with Gasteiger partial charge in [-0.2, -0.15) is 4.31 Å². The largest absolute Gasteiger partial charge is 0.464 e. The highest BCUT2D eigenvalue weighted by Crippen LogP contribution is 2.26. The first kappa shape index (κ1) is 20.9. The van der Waals surface area contributed by atoms with Crippen molar-refractivity contribution in [2.45, 2.75) is 31.1 Å². The van der Waals surface area contributed by atoms with E-state index in [4.69, 9.17) is 16.0 Å². The molecule has 3 aromatic rings. The number of benzene rings is 2. The molecular weight excluding hydrogens is 424 g/mol. The molecule has 2 aromatic carbocycles. The summed E-state index contributed by atoms with van der Waals surface area (Å²) >= 11 is 6.03. The number of halogens is 1. The summed E-state index contributed by atoms with van der Waals surface area (Å²) in [6.45, 7) is 3.16. The molecule has 2 heterocycles. The fourth-order valence-electron chi connectivity index (χ4n) is 3.79. The fraction of sp³-hybridized carbons (Fsp3) is 0.318. The highest BCUT2D eigenvalue weighted by Gasteiger charge is 2.28. The van der Waals surface area contributed by atoms with Crippen LogP contribution in [0.25, 0.3) is 11.0 Å². The van der Waals surface area contributed by atoms with Gasteiger partial charge < -0.3 is 9.73 Å². The van der Waals surface area contributed by atoms with E-state index >= 15 is 0 Å². The Hall–Kier alpha value is -2.35. The van der Waals surface area contributed by atoms with Crippen LogP contribution in [0.1, 0.15) is 25.3 Å². The molecule has 8 heteroatoms. The number of rotatable bonds is 5. The van der Waals surface area contributed by atoms with Gasteiger partial charge in [0.1, 0.15) is 5.58 Å². The molecular formula is C22H23ClN2O4S. The smallest absolute Gasteiger partial charge is 0.243 e. The van der Waals surface area contributed by atoms with E-state index in [2.05, 4.69) is 12.2 Å². The van der Waals surface area contributed by atoms with Gasteiger partial charge in [-0.15, -0.1) is 0 Å². The third-order valence-corrected chi connectivity index (χ3v) is 7.48. The van der Waals surface area contributed by atoms with E-state index < -0.39 is 10.0 Å². The molecule has 30 heavy (non-hydrogen) atoms. The van der Waals surface area contributed by atoms with Crippen molar-refractivity contribution < 1.29 is 17.6 Å². The van der Waals surface area contributed by atoms with Crippen LogP contribution in [0.5, 0.6) is 0 Å². The minimum atomic E-state index is -3.51. The van der Waals surface area contributed by atoms with Crippen LogP contribution in [-0.4, -0.2) is 31.7 Å². The van der Waals surface area contributed by atoms with Crippen molar-refractivity contribution in [3.63, 3.8) is 0 Å². The molecule has 0 spiro atoms. The number of carbonyl (C=O) groups is 1. The Morgan fingerprint density at radius 3 is 2.73 bits per heavy atom. The minimum absolute atomic E-state index is 0.124. The van der Waals surface area contributed by atoms with Crippen LogP contribution in [0.4, 0.5) is 5.69 Å². The molecule has 1 N–H and O–H groups in total. The lowest BCUT2D eigenvalue weighted by Gasteiger charge is -2.30. The number of piperidine rings is 1. The van der Waals surface area contributed by atoms with Crippen LogP contribution in [0.2, 0.25) is 5.02 Å². The number of anilines is 1. The monoisotopic (exact) mass is 446 g/mol. The first-order chi connectivity index (χ1) is 14.3. The van der Waals surface area contributed by atoms with Gasteiger partial charge in [0.05, 0.1) is 17.6 Å². The Bertz CT molecular complexity index is 1170. The average molecular weight is 447 g/mol. The molecule has 1 unspecified atom stereocenters. The third kappa shape index (κ3) is 4.38. The molecule has 1 amide bonds. The maximum Gasteiger partial charge on any atom is 0.243 e. The lowest BCUT2D eigenvalue weighted by molar-refractivity contribution is -0.115. The quantitative estimate of drug-likeness (QED) is 0.616. The molecule has 0 radical (unpaired) electrons. The Morgan fingerprint density at radius 1 is 1.23 bits per heavy atom. The molecule has 0 aliphatic carbocycles. The number of amides is 1. The van der Waals surface area contributed by atoms with Gasteiger partial charge in [0, 0.05) is 34.7 Å². The van der Waals surface area contributed by atoms with Gasteiger partial charge >= 0.3 is 0 Å². The lowest BCUT2D eigenvalue weighted by atomic mass is 10.0. The molecule has 0 saturated carbocycles. The molecule has 158 valence electrons. The zero-order chi connectivity index (χ0) is 21.3. The van der Waals surface area contributed by atoms with Crippen molar-refractivity contribution in [1.29, 1.82) is 0 Å². The first-order valence-electron chi connectivity index (χ1n) is 9.88. The van der Waals surface area contributed by atoms with Crippen molar-refractivity contribution in [1.82, 2.24) is 4.31 Å². The van der Waals surface area contributed by atoms with Gasteiger partial charge in [-0.1, -0.05) is 18.5 Å².